The molecule has 10 nitrogen and oxygen atoms in total. The van der Waals surface area contributed by atoms with Crippen molar-refractivity contribution in [2.75, 3.05) is 19.8 Å². The van der Waals surface area contributed by atoms with Gasteiger partial charge in [0.25, 0.3) is 0 Å². The summed E-state index contributed by atoms with van der Waals surface area (Å²) in [5.74, 6) is -0.876. The number of unbranched alkanes of at least 4 members (excludes halogenated alkanes) is 14. The number of aliphatic hydroxyl groups is 4. The third kappa shape index (κ3) is 27.9. The quantitative estimate of drug-likeness (QED) is 0.0278. The lowest BCUT2D eigenvalue weighted by Crippen LogP contribution is -2.59. The molecule has 0 radical (unpaired) electrons. The second-order valence-corrected chi connectivity index (χ2v) is 14.8. The molecule has 0 bridgehead atoms. The van der Waals surface area contributed by atoms with E-state index in [1.165, 1.54) is 70.6 Å². The molecule has 1 aliphatic heterocycles. The number of rotatable bonds is 35. The molecule has 56 heavy (non-hydrogen) atoms. The topological polar surface area (TPSA) is 152 Å². The summed E-state index contributed by atoms with van der Waals surface area (Å²) in [6, 6.07) is 0. The molecule has 1 saturated heterocycles. The van der Waals surface area contributed by atoms with E-state index in [0.717, 1.165) is 51.4 Å². The van der Waals surface area contributed by atoms with Crippen molar-refractivity contribution in [3.8, 4) is 0 Å². The molecule has 0 aliphatic carbocycles. The van der Waals surface area contributed by atoms with Crippen molar-refractivity contribution in [1.29, 1.82) is 0 Å². The Hall–Kier alpha value is -2.60. The van der Waals surface area contributed by atoms with Gasteiger partial charge in [-0.15, -0.1) is 0 Å². The number of ether oxygens (including phenoxy) is 4. The normalized spacial score (nSPS) is 21.0. The van der Waals surface area contributed by atoms with Gasteiger partial charge in [0.2, 0.25) is 0 Å². The minimum absolute atomic E-state index is 0.151. The molecule has 1 heterocycles. The van der Waals surface area contributed by atoms with Crippen LogP contribution < -0.4 is 0 Å². The number of hydrogen-bond donors (Lipinski definition) is 4. The Morgan fingerprint density at radius 3 is 1.57 bits per heavy atom. The largest absolute Gasteiger partial charge is 0.462 e. The monoisotopic (exact) mass is 791 g/mol. The molecule has 322 valence electrons. The summed E-state index contributed by atoms with van der Waals surface area (Å²) in [7, 11) is 0. The number of hydrogen-bond acceptors (Lipinski definition) is 10. The Balaban J connectivity index is 2.39. The van der Waals surface area contributed by atoms with Gasteiger partial charge in [-0.3, -0.25) is 9.59 Å². The molecule has 1 aliphatic rings. The summed E-state index contributed by atoms with van der Waals surface area (Å²) in [4.78, 5) is 25.3. The zero-order valence-corrected chi connectivity index (χ0v) is 34.9. The van der Waals surface area contributed by atoms with Crippen molar-refractivity contribution in [1.82, 2.24) is 0 Å². The van der Waals surface area contributed by atoms with Crippen molar-refractivity contribution in [3.63, 3.8) is 0 Å². The Labute approximate surface area is 339 Å². The molecule has 0 aromatic heterocycles. The van der Waals surface area contributed by atoms with Crippen molar-refractivity contribution >= 4 is 11.9 Å². The van der Waals surface area contributed by atoms with E-state index in [1.807, 2.05) is 6.08 Å². The highest BCUT2D eigenvalue weighted by Crippen LogP contribution is 2.22. The van der Waals surface area contributed by atoms with E-state index in [0.29, 0.717) is 12.8 Å². The maximum atomic E-state index is 12.7. The summed E-state index contributed by atoms with van der Waals surface area (Å²) in [5.41, 5.74) is 0. The maximum Gasteiger partial charge on any atom is 0.306 e. The fourth-order valence-electron chi connectivity index (χ4n) is 6.22. The van der Waals surface area contributed by atoms with Crippen molar-refractivity contribution in [3.05, 3.63) is 60.8 Å². The second-order valence-electron chi connectivity index (χ2n) is 14.8. The predicted molar refractivity (Wildman–Crippen MR) is 224 cm³/mol. The highest BCUT2D eigenvalue weighted by Gasteiger charge is 2.44. The van der Waals surface area contributed by atoms with Gasteiger partial charge in [-0.05, 0) is 51.4 Å². The Bertz CT molecular complexity index is 1100. The number of carbonyl (C=O) groups is 2. The molecule has 1 fully saturated rings. The zero-order valence-electron chi connectivity index (χ0n) is 34.9. The van der Waals surface area contributed by atoms with Gasteiger partial charge >= 0.3 is 11.9 Å². The van der Waals surface area contributed by atoms with Gasteiger partial charge in [-0.2, -0.15) is 0 Å². The summed E-state index contributed by atoms with van der Waals surface area (Å²) < 4.78 is 22.1. The predicted octanol–water partition coefficient (Wildman–Crippen LogP) is 9.05. The van der Waals surface area contributed by atoms with Crippen LogP contribution in [-0.4, -0.2) is 89.0 Å². The lowest BCUT2D eigenvalue weighted by atomic mass is 9.99. The van der Waals surface area contributed by atoms with E-state index in [2.05, 4.69) is 68.5 Å². The van der Waals surface area contributed by atoms with E-state index < -0.39 is 55.4 Å². The first-order valence-corrected chi connectivity index (χ1v) is 21.9. The fourth-order valence-corrected chi connectivity index (χ4v) is 6.22. The van der Waals surface area contributed by atoms with E-state index in [1.54, 1.807) is 0 Å². The van der Waals surface area contributed by atoms with Crippen LogP contribution in [0.25, 0.3) is 0 Å². The Morgan fingerprint density at radius 1 is 0.571 bits per heavy atom. The van der Waals surface area contributed by atoms with E-state index >= 15 is 0 Å². The average molecular weight is 791 g/mol. The van der Waals surface area contributed by atoms with Gasteiger partial charge in [-0.25, -0.2) is 0 Å². The highest BCUT2D eigenvalue weighted by atomic mass is 16.7. The summed E-state index contributed by atoms with van der Waals surface area (Å²) in [5, 5.41) is 40.0. The molecular formula is C46H78O10. The first kappa shape index (κ1) is 51.4. The van der Waals surface area contributed by atoms with E-state index in [4.69, 9.17) is 18.9 Å². The van der Waals surface area contributed by atoms with Crippen molar-refractivity contribution in [2.24, 2.45) is 0 Å². The van der Waals surface area contributed by atoms with Crippen LogP contribution in [0.3, 0.4) is 0 Å². The summed E-state index contributed by atoms with van der Waals surface area (Å²) in [6.45, 7) is 3.24. The van der Waals surface area contributed by atoms with Crippen LogP contribution in [0, 0.1) is 0 Å². The molecule has 0 aromatic rings. The molecular weight excluding hydrogens is 712 g/mol. The van der Waals surface area contributed by atoms with Gasteiger partial charge in [0.1, 0.15) is 31.0 Å². The highest BCUT2D eigenvalue weighted by molar-refractivity contribution is 5.70. The van der Waals surface area contributed by atoms with E-state index in [-0.39, 0.29) is 26.1 Å². The third-order valence-corrected chi connectivity index (χ3v) is 9.67. The Kier molecular flexibility index (Phi) is 33.7. The van der Waals surface area contributed by atoms with Crippen LogP contribution in [0.5, 0.6) is 0 Å². The maximum absolute atomic E-state index is 12.7. The molecule has 1 rings (SSSR count). The molecule has 0 saturated carbocycles. The first-order valence-electron chi connectivity index (χ1n) is 21.9. The number of esters is 2. The minimum Gasteiger partial charge on any atom is -0.462 e. The molecule has 0 spiro atoms. The molecule has 0 aromatic carbocycles. The average Bonchev–Trinajstić information content (AvgIpc) is 3.19. The Morgan fingerprint density at radius 2 is 1.05 bits per heavy atom. The SMILES string of the molecule is CC/C=C\C/C=C\C/C=C\C/C=C\C/C=C\CCCC(=O)OC(COC(=O)CCCCCCCCCCCCCCCC)COC1OC(CO)C(O)C(O)C1O. The standard InChI is InChI=1S/C46H78O10/c1-3-5-7-9-11-13-15-17-19-20-21-23-25-27-29-31-33-35-42(49)55-39(38-54-46-45(52)44(51)43(50)40(36-47)56-46)37-53-41(48)34-32-30-28-26-24-22-18-16-14-12-10-8-6-4-2/h5,7,11,13,17,19,21,23,27,29,39-40,43-47,50-52H,3-4,6,8-10,12,14-16,18,20,22,24-26,28,30-38H2,1-2H3/b7-5-,13-11-,19-17-,23-21-,29-27-. The summed E-state index contributed by atoms with van der Waals surface area (Å²) >= 11 is 0. The van der Waals surface area contributed by atoms with Gasteiger partial charge in [0, 0.05) is 12.8 Å². The van der Waals surface area contributed by atoms with Crippen LogP contribution >= 0.6 is 0 Å². The fraction of sp³-hybridized carbons (Fsp3) is 0.739. The van der Waals surface area contributed by atoms with Gasteiger partial charge < -0.3 is 39.4 Å². The second kappa shape index (κ2) is 36.7. The minimum atomic E-state index is -1.61. The number of allylic oxidation sites excluding steroid dienone is 10. The van der Waals surface area contributed by atoms with Gasteiger partial charge in [0.15, 0.2) is 12.4 Å². The smallest absolute Gasteiger partial charge is 0.306 e. The van der Waals surface area contributed by atoms with E-state index in [9.17, 15) is 30.0 Å². The molecule has 6 atom stereocenters. The van der Waals surface area contributed by atoms with Crippen molar-refractivity contribution in [2.45, 2.75) is 198 Å². The molecule has 4 N–H and O–H groups in total. The zero-order chi connectivity index (χ0) is 40.9. The van der Waals surface area contributed by atoms with Crippen LogP contribution in [0.2, 0.25) is 0 Å². The van der Waals surface area contributed by atoms with Crippen LogP contribution in [0.4, 0.5) is 0 Å². The number of aliphatic hydroxyl groups excluding tert-OH is 4. The molecule has 0 amide bonds. The third-order valence-electron chi connectivity index (χ3n) is 9.67. The van der Waals surface area contributed by atoms with Gasteiger partial charge in [-0.1, -0.05) is 158 Å². The first-order chi connectivity index (χ1) is 27.3. The summed E-state index contributed by atoms with van der Waals surface area (Å²) in [6.07, 6.45) is 36.6. The molecule has 10 heteroatoms. The number of carbonyl (C=O) groups excluding carboxylic acids is 2. The molecule has 6 unspecified atom stereocenters. The van der Waals surface area contributed by atoms with Crippen LogP contribution in [0.15, 0.2) is 60.8 Å². The van der Waals surface area contributed by atoms with Crippen LogP contribution in [-0.2, 0) is 28.5 Å². The lowest BCUT2D eigenvalue weighted by Gasteiger charge is -2.39. The lowest BCUT2D eigenvalue weighted by molar-refractivity contribution is -0.305. The van der Waals surface area contributed by atoms with Crippen molar-refractivity contribution < 1.29 is 49.0 Å². The van der Waals surface area contributed by atoms with Gasteiger partial charge in [0.05, 0.1) is 13.2 Å². The van der Waals surface area contributed by atoms with Crippen LogP contribution in [0.1, 0.15) is 162 Å².